The van der Waals surface area contributed by atoms with E-state index in [2.05, 4.69) is 158 Å². The fourth-order valence-corrected chi connectivity index (χ4v) is 9.97. The van der Waals surface area contributed by atoms with E-state index in [0.717, 1.165) is 27.5 Å². The average molecular weight is 651 g/mol. The minimum absolute atomic E-state index is 0.940. The Morgan fingerprint density at radius 3 is 1.82 bits per heavy atom. The monoisotopic (exact) mass is 650 g/mol. The maximum atomic E-state index is 7.13. The highest BCUT2D eigenvalue weighted by Gasteiger charge is 2.22. The Kier molecular flexibility index (Phi) is 5.18. The lowest BCUT2D eigenvalue weighted by atomic mass is 9.87. The predicted molar refractivity (Wildman–Crippen MR) is 216 cm³/mol. The summed E-state index contributed by atoms with van der Waals surface area (Å²) in [6.07, 6.45) is 0. The summed E-state index contributed by atoms with van der Waals surface area (Å²) < 4.78 is 9.73. The minimum Gasteiger partial charge on any atom is -0.455 e. The van der Waals surface area contributed by atoms with Crippen molar-refractivity contribution in [3.05, 3.63) is 158 Å². The van der Waals surface area contributed by atoms with Gasteiger partial charge in [-0.2, -0.15) is 0 Å². The molecule has 230 valence electrons. The van der Waals surface area contributed by atoms with Crippen LogP contribution in [0.3, 0.4) is 0 Å². The number of furan rings is 1. The largest absolute Gasteiger partial charge is 0.455 e. The molecule has 2 heterocycles. The van der Waals surface area contributed by atoms with E-state index < -0.39 is 0 Å². The molecule has 10 aromatic carbocycles. The number of thiophene rings is 1. The second kappa shape index (κ2) is 9.69. The van der Waals surface area contributed by atoms with E-state index >= 15 is 0 Å². The van der Waals surface area contributed by atoms with Gasteiger partial charge >= 0.3 is 0 Å². The first-order valence-electron chi connectivity index (χ1n) is 17.2. The van der Waals surface area contributed by atoms with Gasteiger partial charge < -0.3 is 4.42 Å². The third-order valence-corrected chi connectivity index (χ3v) is 12.2. The molecular weight excluding hydrogens is 625 g/mol. The molecule has 0 saturated heterocycles. The van der Waals surface area contributed by atoms with E-state index in [1.807, 2.05) is 11.3 Å². The van der Waals surface area contributed by atoms with Gasteiger partial charge in [0, 0.05) is 47.5 Å². The van der Waals surface area contributed by atoms with E-state index in [9.17, 15) is 0 Å². The molecule has 12 rings (SSSR count). The molecule has 0 radical (unpaired) electrons. The highest BCUT2D eigenvalue weighted by molar-refractivity contribution is 7.26. The maximum Gasteiger partial charge on any atom is 0.143 e. The van der Waals surface area contributed by atoms with Crippen LogP contribution < -0.4 is 0 Å². The molecule has 0 N–H and O–H groups in total. The van der Waals surface area contributed by atoms with E-state index in [-0.39, 0.29) is 0 Å². The van der Waals surface area contributed by atoms with Gasteiger partial charge in [0.1, 0.15) is 11.2 Å². The lowest BCUT2D eigenvalue weighted by molar-refractivity contribution is 0.674. The van der Waals surface area contributed by atoms with E-state index in [4.69, 9.17) is 4.42 Å². The Morgan fingerprint density at radius 2 is 0.940 bits per heavy atom. The highest BCUT2D eigenvalue weighted by Crippen LogP contribution is 2.49. The quantitative estimate of drug-likeness (QED) is 0.170. The van der Waals surface area contributed by atoms with Crippen LogP contribution in [0.1, 0.15) is 0 Å². The van der Waals surface area contributed by atoms with Gasteiger partial charge in [-0.15, -0.1) is 11.3 Å². The van der Waals surface area contributed by atoms with Crippen LogP contribution in [0.25, 0.3) is 118 Å². The molecule has 0 unspecified atom stereocenters. The summed E-state index contributed by atoms with van der Waals surface area (Å²) in [4.78, 5) is 0. The SMILES string of the molecule is c1ccc2cc3c(cc2c1)sc1c(-c2ccc(-c4ccc5ccc6cccc7ccc4c5c67)c4c2oc2c5ccccc5ccc24)cccc13. The zero-order valence-corrected chi connectivity index (χ0v) is 27.6. The first kappa shape index (κ1) is 26.7. The van der Waals surface area contributed by atoms with Crippen molar-refractivity contribution >= 4 is 107 Å². The first-order valence-corrected chi connectivity index (χ1v) is 18.0. The Bertz CT molecular complexity index is 3360. The normalized spacial score (nSPS) is 12.4. The molecular formula is C48H26OS. The molecule has 2 heteroatoms. The van der Waals surface area contributed by atoms with Crippen molar-refractivity contribution in [1.29, 1.82) is 0 Å². The van der Waals surface area contributed by atoms with Crippen LogP contribution in [0.2, 0.25) is 0 Å². The van der Waals surface area contributed by atoms with Gasteiger partial charge in [-0.25, -0.2) is 0 Å². The van der Waals surface area contributed by atoms with Crippen molar-refractivity contribution in [2.45, 2.75) is 0 Å². The molecule has 12 aromatic rings. The summed E-state index contributed by atoms with van der Waals surface area (Å²) in [7, 11) is 0. The van der Waals surface area contributed by atoms with Crippen LogP contribution in [-0.4, -0.2) is 0 Å². The molecule has 0 fully saturated rings. The number of hydrogen-bond acceptors (Lipinski definition) is 2. The summed E-state index contributed by atoms with van der Waals surface area (Å²) in [5.41, 5.74) is 6.65. The van der Waals surface area contributed by atoms with Crippen molar-refractivity contribution in [3.63, 3.8) is 0 Å². The maximum absolute atomic E-state index is 7.13. The van der Waals surface area contributed by atoms with Gasteiger partial charge in [0.25, 0.3) is 0 Å². The van der Waals surface area contributed by atoms with Gasteiger partial charge in [0.05, 0.1) is 0 Å². The Morgan fingerprint density at radius 1 is 0.320 bits per heavy atom. The molecule has 0 atom stereocenters. The molecule has 0 saturated carbocycles. The third kappa shape index (κ3) is 3.51. The summed E-state index contributed by atoms with van der Waals surface area (Å²) in [5.74, 6) is 0. The van der Waals surface area contributed by atoms with Gasteiger partial charge in [0.2, 0.25) is 0 Å². The van der Waals surface area contributed by atoms with Crippen LogP contribution in [0.15, 0.2) is 162 Å². The second-order valence-corrected chi connectivity index (χ2v) is 14.6. The van der Waals surface area contributed by atoms with Gasteiger partial charge in [0.15, 0.2) is 0 Å². The fourth-order valence-electron chi connectivity index (χ4n) is 8.71. The molecule has 0 spiro atoms. The number of fused-ring (bicyclic) bond motifs is 9. The molecule has 0 aliphatic rings. The first-order chi connectivity index (χ1) is 24.8. The van der Waals surface area contributed by atoms with E-state index in [0.29, 0.717) is 0 Å². The lowest BCUT2D eigenvalue weighted by Crippen LogP contribution is -1.89. The van der Waals surface area contributed by atoms with Crippen LogP contribution >= 0.6 is 11.3 Å². The molecule has 0 aliphatic heterocycles. The van der Waals surface area contributed by atoms with Crippen LogP contribution in [0, 0.1) is 0 Å². The summed E-state index contributed by atoms with van der Waals surface area (Å²) in [6, 6.07) is 58.2. The van der Waals surface area contributed by atoms with E-state index in [1.165, 1.54) is 90.7 Å². The molecule has 1 nitrogen and oxygen atoms in total. The van der Waals surface area contributed by atoms with Crippen molar-refractivity contribution in [3.8, 4) is 22.3 Å². The van der Waals surface area contributed by atoms with Crippen molar-refractivity contribution < 1.29 is 4.42 Å². The summed E-state index contributed by atoms with van der Waals surface area (Å²) in [6.45, 7) is 0. The van der Waals surface area contributed by atoms with Crippen molar-refractivity contribution in [1.82, 2.24) is 0 Å². The zero-order chi connectivity index (χ0) is 32.5. The second-order valence-electron chi connectivity index (χ2n) is 13.6. The molecule has 2 aromatic heterocycles. The molecule has 0 bridgehead atoms. The van der Waals surface area contributed by atoms with Crippen molar-refractivity contribution in [2.24, 2.45) is 0 Å². The van der Waals surface area contributed by atoms with Crippen molar-refractivity contribution in [2.75, 3.05) is 0 Å². The Labute approximate surface area is 290 Å². The minimum atomic E-state index is 0.940. The average Bonchev–Trinajstić information content (AvgIpc) is 3.75. The van der Waals surface area contributed by atoms with Crippen LogP contribution in [0.4, 0.5) is 0 Å². The van der Waals surface area contributed by atoms with Gasteiger partial charge in [-0.3, -0.25) is 0 Å². The Balaban J connectivity index is 1.21. The molecule has 0 aliphatic carbocycles. The number of benzene rings is 10. The number of rotatable bonds is 2. The fraction of sp³-hybridized carbons (Fsp3) is 0. The topological polar surface area (TPSA) is 13.1 Å². The predicted octanol–water partition coefficient (Wildman–Crippen LogP) is 14.5. The summed E-state index contributed by atoms with van der Waals surface area (Å²) >= 11 is 1.88. The highest BCUT2D eigenvalue weighted by atomic mass is 32.1. The third-order valence-electron chi connectivity index (χ3n) is 11.0. The smallest absolute Gasteiger partial charge is 0.143 e. The van der Waals surface area contributed by atoms with Gasteiger partial charge in [-0.1, -0.05) is 133 Å². The standard InChI is InChI=1S/C48H26OS/c1-2-9-32-26-42-41(25-31(32)8-1)39-14-6-13-38(48(39)50-42)37-24-23-36(45-40-22-17-27-7-3-4-12-33(27)46(40)49-47(37)45)34-20-18-30-16-15-28-10-5-11-29-19-21-35(34)44(30)43(28)29/h1-26H. The summed E-state index contributed by atoms with van der Waals surface area (Å²) in [5, 5.41) is 17.6. The Hall–Kier alpha value is -6.22. The van der Waals surface area contributed by atoms with E-state index in [1.54, 1.807) is 0 Å². The van der Waals surface area contributed by atoms with Gasteiger partial charge in [-0.05, 0) is 83.9 Å². The molecule has 50 heavy (non-hydrogen) atoms. The molecule has 0 amide bonds. The number of hydrogen-bond donors (Lipinski definition) is 0. The van der Waals surface area contributed by atoms with Crippen LogP contribution in [-0.2, 0) is 0 Å². The lowest BCUT2D eigenvalue weighted by Gasteiger charge is -2.15. The van der Waals surface area contributed by atoms with Crippen LogP contribution in [0.5, 0.6) is 0 Å². The zero-order valence-electron chi connectivity index (χ0n) is 26.8.